The van der Waals surface area contributed by atoms with E-state index in [9.17, 15) is 9.90 Å². The fourth-order valence-electron chi connectivity index (χ4n) is 1.16. The summed E-state index contributed by atoms with van der Waals surface area (Å²) in [5, 5.41) is 11.5. The van der Waals surface area contributed by atoms with Crippen LogP contribution in [-0.2, 0) is 0 Å². The molecule has 3 nitrogen and oxygen atoms in total. The van der Waals surface area contributed by atoms with Gasteiger partial charge in [-0.15, -0.1) is 0 Å². The molecule has 16 heavy (non-hydrogen) atoms. The maximum Gasteiger partial charge on any atom is 0.151 e. The number of hydrogen-bond donors (Lipinski definition) is 0. The van der Waals surface area contributed by atoms with Crippen LogP contribution in [0.25, 0.3) is 0 Å². The minimum absolute atomic E-state index is 0.317. The minimum Gasteiger partial charge on any atom is -0.579 e. The van der Waals surface area contributed by atoms with E-state index in [1.54, 1.807) is 30.0 Å². The van der Waals surface area contributed by atoms with Gasteiger partial charge in [-0.25, -0.2) is 0 Å². The normalized spacial score (nSPS) is 12.3. The highest BCUT2D eigenvalue weighted by molar-refractivity contribution is 6.81. The molecule has 86 valence electrons. The number of hydrogen-bond acceptors (Lipinski definition) is 3. The molecule has 0 bridgehead atoms. The van der Waals surface area contributed by atoms with Crippen molar-refractivity contribution >= 4 is 14.4 Å². The van der Waals surface area contributed by atoms with Crippen LogP contribution in [0.3, 0.4) is 0 Å². The van der Waals surface area contributed by atoms with Crippen LogP contribution in [0.5, 0.6) is 5.75 Å². The van der Waals surface area contributed by atoms with E-state index in [1.807, 2.05) is 19.6 Å². The number of carbonyl (C=O) groups excluding carboxylic acids is 1. The molecule has 0 spiro atoms. The molecule has 0 heterocycles. The van der Waals surface area contributed by atoms with Gasteiger partial charge in [0.2, 0.25) is 0 Å². The van der Waals surface area contributed by atoms with E-state index in [2.05, 4.69) is 0 Å². The zero-order valence-electron chi connectivity index (χ0n) is 9.69. The maximum absolute atomic E-state index is 11.5. The van der Waals surface area contributed by atoms with Crippen LogP contribution >= 0.6 is 0 Å². The third-order valence-corrected chi connectivity index (χ3v) is 2.91. The van der Waals surface area contributed by atoms with E-state index in [4.69, 9.17) is 4.74 Å². The molecule has 0 aliphatic heterocycles. The van der Waals surface area contributed by atoms with Crippen molar-refractivity contribution in [2.75, 3.05) is 0 Å². The van der Waals surface area contributed by atoms with Crippen LogP contribution in [0.4, 0.5) is 0 Å². The SMILES string of the molecule is C[Si](C)(C)/C=C(\[O-])Oc1ccccc1C=O. The van der Waals surface area contributed by atoms with E-state index < -0.39 is 8.07 Å². The molecule has 0 amide bonds. The monoisotopic (exact) mass is 235 g/mol. The zero-order chi connectivity index (χ0) is 12.2. The number of benzene rings is 1. The van der Waals surface area contributed by atoms with Gasteiger partial charge in [-0.05, 0) is 6.07 Å². The summed E-state index contributed by atoms with van der Waals surface area (Å²) >= 11 is 0. The molecule has 0 aromatic heterocycles. The van der Waals surface area contributed by atoms with Gasteiger partial charge in [-0.2, -0.15) is 0 Å². The van der Waals surface area contributed by atoms with Crippen molar-refractivity contribution in [3.05, 3.63) is 41.5 Å². The fourth-order valence-corrected chi connectivity index (χ4v) is 1.93. The van der Waals surface area contributed by atoms with E-state index >= 15 is 0 Å². The van der Waals surface area contributed by atoms with Gasteiger partial charge >= 0.3 is 0 Å². The van der Waals surface area contributed by atoms with Crippen LogP contribution in [0.15, 0.2) is 35.9 Å². The van der Waals surface area contributed by atoms with Crippen molar-refractivity contribution in [2.45, 2.75) is 19.6 Å². The van der Waals surface area contributed by atoms with Crippen LogP contribution in [0, 0.1) is 0 Å². The highest BCUT2D eigenvalue weighted by Crippen LogP contribution is 2.17. The molecular formula is C12H15O3Si-. The van der Waals surface area contributed by atoms with Gasteiger partial charge in [-0.3, -0.25) is 4.79 Å². The Hall–Kier alpha value is -1.55. The van der Waals surface area contributed by atoms with Crippen molar-refractivity contribution in [1.29, 1.82) is 0 Å². The third-order valence-electron chi connectivity index (χ3n) is 1.81. The molecule has 0 radical (unpaired) electrons. The Morgan fingerprint density at radius 2 is 1.94 bits per heavy atom. The first-order chi connectivity index (χ1) is 7.42. The van der Waals surface area contributed by atoms with Gasteiger partial charge in [0.25, 0.3) is 0 Å². The lowest BCUT2D eigenvalue weighted by Gasteiger charge is -2.20. The molecule has 1 aromatic carbocycles. The Labute approximate surface area is 96.4 Å². The van der Waals surface area contributed by atoms with Gasteiger partial charge < -0.3 is 9.84 Å². The summed E-state index contributed by atoms with van der Waals surface area (Å²) in [4.78, 5) is 10.7. The van der Waals surface area contributed by atoms with E-state index in [0.717, 1.165) is 0 Å². The molecular weight excluding hydrogens is 220 g/mol. The summed E-state index contributed by atoms with van der Waals surface area (Å²) in [5.74, 6) is -0.0644. The zero-order valence-corrected chi connectivity index (χ0v) is 10.7. The Bertz CT molecular complexity index is 405. The molecule has 0 aliphatic carbocycles. The molecule has 0 aliphatic rings. The molecule has 0 fully saturated rings. The smallest absolute Gasteiger partial charge is 0.151 e. The second kappa shape index (κ2) is 4.98. The quantitative estimate of drug-likeness (QED) is 0.455. The van der Waals surface area contributed by atoms with Crippen molar-refractivity contribution in [1.82, 2.24) is 0 Å². The lowest BCUT2D eigenvalue weighted by Crippen LogP contribution is -2.23. The average Bonchev–Trinajstić information content (AvgIpc) is 2.15. The molecule has 0 atom stereocenters. The first-order valence-electron chi connectivity index (χ1n) is 5.04. The Morgan fingerprint density at radius 3 is 2.50 bits per heavy atom. The molecule has 0 saturated carbocycles. The van der Waals surface area contributed by atoms with E-state index in [-0.39, 0.29) is 5.95 Å². The predicted molar refractivity (Wildman–Crippen MR) is 63.9 cm³/mol. The van der Waals surface area contributed by atoms with Gasteiger partial charge in [0, 0.05) is 17.3 Å². The average molecular weight is 235 g/mol. The third kappa shape index (κ3) is 3.90. The summed E-state index contributed by atoms with van der Waals surface area (Å²) in [6, 6.07) is 6.68. The Kier molecular flexibility index (Phi) is 3.90. The van der Waals surface area contributed by atoms with Gasteiger partial charge in [-0.1, -0.05) is 43.5 Å². The van der Waals surface area contributed by atoms with Crippen LogP contribution < -0.4 is 9.84 Å². The second-order valence-electron chi connectivity index (χ2n) is 4.59. The first-order valence-corrected chi connectivity index (χ1v) is 8.62. The van der Waals surface area contributed by atoms with Gasteiger partial charge in [0.05, 0.1) is 8.07 Å². The minimum atomic E-state index is -1.59. The topological polar surface area (TPSA) is 49.4 Å². The molecule has 0 N–H and O–H groups in total. The fraction of sp³-hybridized carbons (Fsp3) is 0.250. The summed E-state index contributed by atoms with van der Waals surface area (Å²) in [6.45, 7) is 6.12. The summed E-state index contributed by atoms with van der Waals surface area (Å²) in [7, 11) is -1.59. The highest BCUT2D eigenvalue weighted by Gasteiger charge is 2.08. The number of carbonyl (C=O) groups is 1. The Morgan fingerprint density at radius 1 is 1.31 bits per heavy atom. The summed E-state index contributed by atoms with van der Waals surface area (Å²) in [5.41, 5.74) is 2.01. The number of ether oxygens (including phenoxy) is 1. The molecule has 0 saturated heterocycles. The lowest BCUT2D eigenvalue weighted by molar-refractivity contribution is -0.341. The molecule has 1 rings (SSSR count). The van der Waals surface area contributed by atoms with E-state index in [0.29, 0.717) is 17.6 Å². The van der Waals surface area contributed by atoms with Crippen molar-refractivity contribution in [2.24, 2.45) is 0 Å². The highest BCUT2D eigenvalue weighted by atomic mass is 28.3. The van der Waals surface area contributed by atoms with Gasteiger partial charge in [0.1, 0.15) is 0 Å². The molecule has 1 aromatic rings. The van der Waals surface area contributed by atoms with E-state index in [1.165, 1.54) is 0 Å². The standard InChI is InChI=1S/C12H16O3Si/c1-16(2,3)9-12(14)15-11-7-5-4-6-10(11)8-13/h4-9,14H,1-3H3/p-1/b12-9+. The predicted octanol–water partition coefficient (Wildman–Crippen LogP) is 1.96. The molecule has 4 heteroatoms. The van der Waals surface area contributed by atoms with Crippen LogP contribution in [0.2, 0.25) is 19.6 Å². The van der Waals surface area contributed by atoms with Crippen molar-refractivity contribution < 1.29 is 14.6 Å². The number of aldehydes is 1. The first kappa shape index (κ1) is 12.5. The van der Waals surface area contributed by atoms with Gasteiger partial charge in [0.15, 0.2) is 6.29 Å². The van der Waals surface area contributed by atoms with Crippen LogP contribution in [0.1, 0.15) is 10.4 Å². The van der Waals surface area contributed by atoms with Crippen molar-refractivity contribution in [3.63, 3.8) is 0 Å². The number of para-hydroxylation sites is 1. The summed E-state index contributed by atoms with van der Waals surface area (Å²) in [6.07, 6.45) is 0.678. The van der Waals surface area contributed by atoms with Crippen LogP contribution in [-0.4, -0.2) is 14.4 Å². The summed E-state index contributed by atoms with van der Waals surface area (Å²) < 4.78 is 5.12. The maximum atomic E-state index is 11.5. The second-order valence-corrected chi connectivity index (χ2v) is 9.61. The largest absolute Gasteiger partial charge is 0.579 e. The Balaban J connectivity index is 2.89. The number of rotatable bonds is 4. The molecule has 0 unspecified atom stereocenters. The van der Waals surface area contributed by atoms with Crippen molar-refractivity contribution in [3.8, 4) is 5.75 Å². The lowest BCUT2D eigenvalue weighted by atomic mass is 10.2.